The monoisotopic (exact) mass is 394 g/mol. The van der Waals surface area contributed by atoms with E-state index in [0.29, 0.717) is 5.57 Å². The third-order valence-electron chi connectivity index (χ3n) is 5.94. The third kappa shape index (κ3) is 4.84. The topological polar surface area (TPSA) is 85.4 Å². The molecule has 2 rings (SSSR count). The number of esters is 2. The SMILES string of the molecule is C/C=C(\C)C(=O)O[C@H]1/C(C)=C\CC[C@@]2(C)O[C@@H]2[C@@H](OC(C)=O)[C@@H](C(C)C)[C@H]1O. The molecule has 0 radical (unpaired) electrons. The van der Waals surface area contributed by atoms with Gasteiger partial charge in [0, 0.05) is 18.4 Å². The van der Waals surface area contributed by atoms with Crippen molar-refractivity contribution in [1.82, 2.24) is 0 Å². The van der Waals surface area contributed by atoms with E-state index in [0.717, 1.165) is 18.4 Å². The van der Waals surface area contributed by atoms with Gasteiger partial charge in [0.25, 0.3) is 0 Å². The number of epoxide rings is 1. The van der Waals surface area contributed by atoms with Crippen molar-refractivity contribution in [2.45, 2.75) is 91.3 Å². The van der Waals surface area contributed by atoms with Crippen molar-refractivity contribution in [2.75, 3.05) is 0 Å². The van der Waals surface area contributed by atoms with Crippen molar-refractivity contribution < 1.29 is 28.9 Å². The van der Waals surface area contributed by atoms with Gasteiger partial charge in [0.15, 0.2) is 0 Å². The Morgan fingerprint density at radius 1 is 1.32 bits per heavy atom. The predicted molar refractivity (Wildman–Crippen MR) is 105 cm³/mol. The highest BCUT2D eigenvalue weighted by Gasteiger charge is 2.60. The summed E-state index contributed by atoms with van der Waals surface area (Å²) in [4.78, 5) is 24.2. The Balaban J connectivity index is 2.44. The Bertz CT molecular complexity index is 664. The Kier molecular flexibility index (Phi) is 7.10. The summed E-state index contributed by atoms with van der Waals surface area (Å²) in [7, 11) is 0. The first-order valence-electron chi connectivity index (χ1n) is 10.1. The Morgan fingerprint density at radius 2 is 1.96 bits per heavy atom. The van der Waals surface area contributed by atoms with Crippen LogP contribution in [-0.2, 0) is 23.8 Å². The van der Waals surface area contributed by atoms with E-state index in [-0.39, 0.29) is 17.6 Å². The highest BCUT2D eigenvalue weighted by molar-refractivity contribution is 5.87. The van der Waals surface area contributed by atoms with Gasteiger partial charge in [-0.2, -0.15) is 0 Å². The van der Waals surface area contributed by atoms with Crippen LogP contribution in [0.3, 0.4) is 0 Å². The minimum absolute atomic E-state index is 0.0240. The zero-order valence-corrected chi connectivity index (χ0v) is 18.0. The van der Waals surface area contributed by atoms with Crippen molar-refractivity contribution in [3.63, 3.8) is 0 Å². The molecule has 0 spiro atoms. The van der Waals surface area contributed by atoms with Crippen LogP contribution in [0.25, 0.3) is 0 Å². The van der Waals surface area contributed by atoms with E-state index in [1.165, 1.54) is 6.92 Å². The molecule has 0 aromatic rings. The molecule has 6 atom stereocenters. The number of aliphatic hydroxyl groups excluding tert-OH is 1. The predicted octanol–water partition coefficient (Wildman–Crippen LogP) is 3.33. The molecule has 0 unspecified atom stereocenters. The van der Waals surface area contributed by atoms with E-state index >= 15 is 0 Å². The molecule has 0 amide bonds. The van der Waals surface area contributed by atoms with E-state index in [4.69, 9.17) is 14.2 Å². The molecular weight excluding hydrogens is 360 g/mol. The largest absolute Gasteiger partial charge is 0.459 e. The number of carbonyl (C=O) groups excluding carboxylic acids is 2. The lowest BCUT2D eigenvalue weighted by Crippen LogP contribution is -2.49. The lowest BCUT2D eigenvalue weighted by Gasteiger charge is -2.37. The van der Waals surface area contributed by atoms with Gasteiger partial charge in [-0.05, 0) is 52.0 Å². The van der Waals surface area contributed by atoms with Gasteiger partial charge >= 0.3 is 11.9 Å². The number of allylic oxidation sites excluding steroid dienone is 2. The molecule has 158 valence electrons. The minimum Gasteiger partial charge on any atom is -0.459 e. The first-order chi connectivity index (χ1) is 13.0. The molecule has 2 aliphatic rings. The lowest BCUT2D eigenvalue weighted by atomic mass is 9.77. The molecule has 1 aliphatic heterocycles. The summed E-state index contributed by atoms with van der Waals surface area (Å²) in [6, 6.07) is 0. The molecule has 1 N–H and O–H groups in total. The fourth-order valence-corrected chi connectivity index (χ4v) is 4.04. The fourth-order valence-electron chi connectivity index (χ4n) is 4.04. The van der Waals surface area contributed by atoms with Gasteiger partial charge in [-0.3, -0.25) is 4.79 Å². The van der Waals surface area contributed by atoms with Crippen LogP contribution in [0.15, 0.2) is 23.3 Å². The number of hydrogen-bond donors (Lipinski definition) is 1. The fraction of sp³-hybridized carbons (Fsp3) is 0.727. The minimum atomic E-state index is -1.03. The van der Waals surface area contributed by atoms with Gasteiger partial charge in [-0.15, -0.1) is 0 Å². The van der Waals surface area contributed by atoms with Crippen molar-refractivity contribution in [3.05, 3.63) is 23.3 Å². The quantitative estimate of drug-likeness (QED) is 0.341. The van der Waals surface area contributed by atoms with Crippen molar-refractivity contribution in [3.8, 4) is 0 Å². The second kappa shape index (κ2) is 8.78. The van der Waals surface area contributed by atoms with E-state index in [9.17, 15) is 14.7 Å². The standard InChI is InChI=1S/C22H34O6/c1-8-13(4)21(25)27-18-14(5)10-9-11-22(7)20(28-22)19(26-15(6)23)16(12(2)3)17(18)24/h8,10,12,16-20,24H,9,11H2,1-7H3/b13-8+,14-10-/t16-,17+,18-,19-,20+,22+/m0/s1. The van der Waals surface area contributed by atoms with Gasteiger partial charge in [0.1, 0.15) is 24.4 Å². The molecule has 0 aromatic carbocycles. The summed E-state index contributed by atoms with van der Waals surface area (Å²) in [5, 5.41) is 11.3. The van der Waals surface area contributed by atoms with Gasteiger partial charge in [0.05, 0.1) is 5.60 Å². The van der Waals surface area contributed by atoms with E-state index in [2.05, 4.69) is 0 Å². The molecule has 6 nitrogen and oxygen atoms in total. The Hall–Kier alpha value is -1.66. The summed E-state index contributed by atoms with van der Waals surface area (Å²) >= 11 is 0. The second-order valence-electron chi connectivity index (χ2n) is 8.52. The molecular formula is C22H34O6. The summed E-state index contributed by atoms with van der Waals surface area (Å²) < 4.78 is 17.3. The number of carbonyl (C=O) groups is 2. The molecule has 6 heteroatoms. The zero-order valence-electron chi connectivity index (χ0n) is 18.0. The first-order valence-corrected chi connectivity index (χ1v) is 10.1. The van der Waals surface area contributed by atoms with Crippen LogP contribution in [-0.4, -0.2) is 47.1 Å². The smallest absolute Gasteiger partial charge is 0.334 e. The van der Waals surface area contributed by atoms with E-state index in [1.807, 2.05) is 33.8 Å². The molecule has 1 aliphatic carbocycles. The second-order valence-corrected chi connectivity index (χ2v) is 8.52. The molecule has 1 heterocycles. The highest BCUT2D eigenvalue weighted by atomic mass is 16.6. The summed E-state index contributed by atoms with van der Waals surface area (Å²) in [5.41, 5.74) is 0.891. The normalized spacial score (nSPS) is 38.1. The Morgan fingerprint density at radius 3 is 2.50 bits per heavy atom. The number of rotatable bonds is 4. The van der Waals surface area contributed by atoms with Gasteiger partial charge in [-0.1, -0.05) is 26.0 Å². The molecule has 1 saturated heterocycles. The molecule has 0 bridgehead atoms. The lowest BCUT2D eigenvalue weighted by molar-refractivity contribution is -0.164. The van der Waals surface area contributed by atoms with Crippen LogP contribution in [0.2, 0.25) is 0 Å². The molecule has 0 aromatic heterocycles. The van der Waals surface area contributed by atoms with Gasteiger partial charge in [-0.25, -0.2) is 4.79 Å². The molecule has 1 fully saturated rings. The Labute approximate surface area is 167 Å². The highest BCUT2D eigenvalue weighted by Crippen LogP contribution is 2.48. The van der Waals surface area contributed by atoms with Crippen LogP contribution in [0.1, 0.15) is 61.3 Å². The number of ether oxygens (including phenoxy) is 3. The van der Waals surface area contributed by atoms with Crippen molar-refractivity contribution >= 4 is 11.9 Å². The number of fused-ring (bicyclic) bond motifs is 1. The van der Waals surface area contributed by atoms with Gasteiger partial charge < -0.3 is 19.3 Å². The van der Waals surface area contributed by atoms with Crippen LogP contribution in [0.4, 0.5) is 0 Å². The van der Waals surface area contributed by atoms with Crippen molar-refractivity contribution in [1.29, 1.82) is 0 Å². The average Bonchev–Trinajstić information content (AvgIpc) is 3.27. The summed E-state index contributed by atoms with van der Waals surface area (Å²) in [6.45, 7) is 12.6. The zero-order chi connectivity index (χ0) is 21.2. The number of hydrogen-bond acceptors (Lipinski definition) is 6. The maximum Gasteiger partial charge on any atom is 0.334 e. The summed E-state index contributed by atoms with van der Waals surface area (Å²) in [5.74, 6) is -1.34. The number of aliphatic hydroxyl groups is 1. The maximum atomic E-state index is 12.4. The maximum absolute atomic E-state index is 12.4. The van der Waals surface area contributed by atoms with Crippen LogP contribution in [0, 0.1) is 11.8 Å². The molecule has 0 saturated carbocycles. The molecule has 28 heavy (non-hydrogen) atoms. The van der Waals surface area contributed by atoms with Crippen LogP contribution in [0.5, 0.6) is 0 Å². The summed E-state index contributed by atoms with van der Waals surface area (Å²) in [6.07, 6.45) is 2.45. The third-order valence-corrected chi connectivity index (χ3v) is 5.94. The van der Waals surface area contributed by atoms with Crippen LogP contribution >= 0.6 is 0 Å². The average molecular weight is 395 g/mol. The van der Waals surface area contributed by atoms with Crippen molar-refractivity contribution in [2.24, 2.45) is 11.8 Å². The van der Waals surface area contributed by atoms with E-state index in [1.54, 1.807) is 19.9 Å². The first kappa shape index (κ1) is 22.6. The van der Waals surface area contributed by atoms with Crippen LogP contribution < -0.4 is 0 Å². The van der Waals surface area contributed by atoms with E-state index < -0.39 is 36.2 Å². The van der Waals surface area contributed by atoms with Gasteiger partial charge in [0.2, 0.25) is 0 Å².